The number of rotatable bonds is 8. The summed E-state index contributed by atoms with van der Waals surface area (Å²) in [4.78, 5) is 11.2. The van der Waals surface area contributed by atoms with Gasteiger partial charge in [0.05, 0.1) is 6.61 Å². The Bertz CT molecular complexity index is 759. The number of hydrogen-bond donors (Lipinski definition) is 0. The molecule has 1 aromatic heterocycles. The fourth-order valence-corrected chi connectivity index (χ4v) is 2.52. The maximum Gasteiger partial charge on any atom is 0.233 e. The summed E-state index contributed by atoms with van der Waals surface area (Å²) in [7, 11) is 1.62. The highest BCUT2D eigenvalue weighted by molar-refractivity contribution is 5.75. The van der Waals surface area contributed by atoms with Crippen molar-refractivity contribution in [3.8, 4) is 17.7 Å². The molecule has 0 radical (unpaired) electrons. The second-order valence-electron chi connectivity index (χ2n) is 6.26. The lowest BCUT2D eigenvalue weighted by molar-refractivity contribution is -0.117. The van der Waals surface area contributed by atoms with Gasteiger partial charge in [-0.3, -0.25) is 0 Å². The molecule has 1 unspecified atom stereocenters. The lowest BCUT2D eigenvalue weighted by Gasteiger charge is -2.09. The molecule has 0 fully saturated rings. The zero-order valence-electron chi connectivity index (χ0n) is 15.5. The summed E-state index contributed by atoms with van der Waals surface area (Å²) in [6.45, 7) is 4.67. The summed E-state index contributed by atoms with van der Waals surface area (Å²) in [5.41, 5.74) is 2.71. The van der Waals surface area contributed by atoms with E-state index in [1.807, 2.05) is 12.1 Å². The minimum atomic E-state index is 0.233. The number of carbonyl (C=O) groups excluding carboxylic acids is 1. The van der Waals surface area contributed by atoms with Crippen LogP contribution in [0.3, 0.4) is 0 Å². The lowest BCUT2D eigenvalue weighted by Crippen LogP contribution is -2.06. The Kier molecular flexibility index (Phi) is 7.78. The summed E-state index contributed by atoms with van der Waals surface area (Å²) in [5, 5.41) is 8.01. The van der Waals surface area contributed by atoms with Gasteiger partial charge in [0.15, 0.2) is 0 Å². The molecule has 2 aromatic rings. The third-order valence-corrected chi connectivity index (χ3v) is 3.69. The number of ether oxygens (including phenoxy) is 2. The molecule has 2 rings (SSSR count). The van der Waals surface area contributed by atoms with Crippen LogP contribution >= 0.6 is 0 Å². The van der Waals surface area contributed by atoms with E-state index in [1.54, 1.807) is 26.2 Å². The first kappa shape index (κ1) is 19.6. The molecule has 1 atom stereocenters. The van der Waals surface area contributed by atoms with Crippen molar-refractivity contribution in [1.82, 2.24) is 10.2 Å². The van der Waals surface area contributed by atoms with Gasteiger partial charge in [0.2, 0.25) is 5.88 Å². The SMILES string of the molecule is COCCOc1ccc(C#Cc2ccc(CC(C)CC(C)=O)cc2)nn1. The van der Waals surface area contributed by atoms with Crippen molar-refractivity contribution >= 4 is 5.78 Å². The van der Waals surface area contributed by atoms with Crippen LogP contribution in [0.4, 0.5) is 0 Å². The van der Waals surface area contributed by atoms with Crippen LogP contribution in [0.5, 0.6) is 5.88 Å². The molecule has 136 valence electrons. The Morgan fingerprint density at radius 2 is 1.85 bits per heavy atom. The van der Waals surface area contributed by atoms with Crippen molar-refractivity contribution < 1.29 is 14.3 Å². The highest BCUT2D eigenvalue weighted by Crippen LogP contribution is 2.13. The first-order valence-electron chi connectivity index (χ1n) is 8.62. The Labute approximate surface area is 154 Å². The molecule has 1 heterocycles. The number of methoxy groups -OCH3 is 1. The third-order valence-electron chi connectivity index (χ3n) is 3.69. The molecule has 5 nitrogen and oxygen atoms in total. The van der Waals surface area contributed by atoms with E-state index in [0.29, 0.717) is 37.1 Å². The van der Waals surface area contributed by atoms with Crippen LogP contribution in [-0.4, -0.2) is 36.3 Å². The second kappa shape index (κ2) is 10.3. The number of ketones is 1. The van der Waals surface area contributed by atoms with E-state index in [-0.39, 0.29) is 5.78 Å². The van der Waals surface area contributed by atoms with Crippen LogP contribution in [0.1, 0.15) is 37.1 Å². The second-order valence-corrected chi connectivity index (χ2v) is 6.26. The number of hydrogen-bond acceptors (Lipinski definition) is 5. The summed E-state index contributed by atoms with van der Waals surface area (Å²) in [6.07, 6.45) is 1.51. The highest BCUT2D eigenvalue weighted by atomic mass is 16.5. The van der Waals surface area contributed by atoms with Gasteiger partial charge in [-0.2, -0.15) is 0 Å². The Hall–Kier alpha value is -2.71. The highest BCUT2D eigenvalue weighted by Gasteiger charge is 2.06. The molecule has 5 heteroatoms. The molecule has 0 bridgehead atoms. The molecular formula is C21H24N2O3. The molecule has 0 N–H and O–H groups in total. The molecule has 0 amide bonds. The molecule has 0 saturated heterocycles. The largest absolute Gasteiger partial charge is 0.474 e. The lowest BCUT2D eigenvalue weighted by atomic mass is 9.96. The summed E-state index contributed by atoms with van der Waals surface area (Å²) >= 11 is 0. The maximum absolute atomic E-state index is 11.2. The fraction of sp³-hybridized carbons (Fsp3) is 0.381. The van der Waals surface area contributed by atoms with E-state index in [4.69, 9.17) is 9.47 Å². The first-order chi connectivity index (χ1) is 12.6. The Morgan fingerprint density at radius 1 is 1.08 bits per heavy atom. The summed E-state index contributed by atoms with van der Waals surface area (Å²) in [6, 6.07) is 11.6. The van der Waals surface area contributed by atoms with Gasteiger partial charge >= 0.3 is 0 Å². The van der Waals surface area contributed by atoms with Crippen molar-refractivity contribution in [2.24, 2.45) is 5.92 Å². The number of carbonyl (C=O) groups is 1. The van der Waals surface area contributed by atoms with Gasteiger partial charge in [0, 0.05) is 25.2 Å². The Morgan fingerprint density at radius 3 is 2.46 bits per heavy atom. The number of nitrogens with zero attached hydrogens (tertiary/aromatic N) is 2. The minimum Gasteiger partial charge on any atom is -0.474 e. The van der Waals surface area contributed by atoms with Gasteiger partial charge in [-0.15, -0.1) is 10.2 Å². The third kappa shape index (κ3) is 7.04. The number of aromatic nitrogens is 2. The van der Waals surface area contributed by atoms with Crippen molar-refractivity contribution in [3.05, 3.63) is 53.2 Å². The van der Waals surface area contributed by atoms with Gasteiger partial charge < -0.3 is 14.3 Å². The zero-order valence-corrected chi connectivity index (χ0v) is 15.5. The molecular weight excluding hydrogens is 328 g/mol. The van der Waals surface area contributed by atoms with Crippen LogP contribution in [0.25, 0.3) is 0 Å². The van der Waals surface area contributed by atoms with Crippen LogP contribution in [-0.2, 0) is 16.0 Å². The molecule has 1 aromatic carbocycles. The maximum atomic E-state index is 11.2. The molecule has 0 aliphatic rings. The predicted molar refractivity (Wildman–Crippen MR) is 100.0 cm³/mol. The van der Waals surface area contributed by atoms with E-state index in [2.05, 4.69) is 41.1 Å². The zero-order chi connectivity index (χ0) is 18.8. The monoisotopic (exact) mass is 352 g/mol. The first-order valence-corrected chi connectivity index (χ1v) is 8.62. The predicted octanol–water partition coefficient (Wildman–Crippen LogP) is 3.06. The van der Waals surface area contributed by atoms with Gasteiger partial charge in [-0.25, -0.2) is 0 Å². The molecule has 0 aliphatic heterocycles. The van der Waals surface area contributed by atoms with Gasteiger partial charge in [-0.05, 0) is 48.9 Å². The van der Waals surface area contributed by atoms with Gasteiger partial charge in [0.1, 0.15) is 18.1 Å². The van der Waals surface area contributed by atoms with Crippen LogP contribution in [0.15, 0.2) is 36.4 Å². The average Bonchev–Trinajstić information content (AvgIpc) is 2.62. The van der Waals surface area contributed by atoms with E-state index >= 15 is 0 Å². The van der Waals surface area contributed by atoms with Crippen molar-refractivity contribution in [3.63, 3.8) is 0 Å². The fourth-order valence-electron chi connectivity index (χ4n) is 2.52. The molecule has 0 spiro atoms. The quantitative estimate of drug-likeness (QED) is 0.540. The van der Waals surface area contributed by atoms with Crippen molar-refractivity contribution in [2.75, 3.05) is 20.3 Å². The van der Waals surface area contributed by atoms with Gasteiger partial charge in [-0.1, -0.05) is 25.0 Å². The molecule has 0 aliphatic carbocycles. The van der Waals surface area contributed by atoms with E-state index in [9.17, 15) is 4.79 Å². The van der Waals surface area contributed by atoms with Crippen LogP contribution in [0.2, 0.25) is 0 Å². The minimum absolute atomic E-state index is 0.233. The number of benzene rings is 1. The molecule has 26 heavy (non-hydrogen) atoms. The van der Waals surface area contributed by atoms with Crippen molar-refractivity contribution in [1.29, 1.82) is 0 Å². The summed E-state index contributed by atoms with van der Waals surface area (Å²) in [5.74, 6) is 7.11. The normalized spacial score (nSPS) is 11.3. The average molecular weight is 352 g/mol. The van der Waals surface area contributed by atoms with E-state index in [0.717, 1.165) is 12.0 Å². The van der Waals surface area contributed by atoms with Crippen molar-refractivity contribution in [2.45, 2.75) is 26.7 Å². The van der Waals surface area contributed by atoms with E-state index in [1.165, 1.54) is 5.56 Å². The Balaban J connectivity index is 1.92. The topological polar surface area (TPSA) is 61.3 Å². The van der Waals surface area contributed by atoms with Crippen LogP contribution in [0, 0.1) is 17.8 Å². The smallest absolute Gasteiger partial charge is 0.233 e. The molecule has 0 saturated carbocycles. The van der Waals surface area contributed by atoms with E-state index < -0.39 is 0 Å². The number of Topliss-reactive ketones (excluding diaryl/α,β-unsaturated/α-hetero) is 1. The summed E-state index contributed by atoms with van der Waals surface area (Å²) < 4.78 is 10.3. The standard InChI is InChI=1S/C21H24N2O3/c1-16(14-17(2)24)15-19-6-4-18(5-7-19)8-9-20-10-11-21(23-22-20)26-13-12-25-3/h4-7,10-11,16H,12-15H2,1-3H3. The van der Waals surface area contributed by atoms with Gasteiger partial charge in [0.25, 0.3) is 0 Å². The van der Waals surface area contributed by atoms with Crippen LogP contribution < -0.4 is 4.74 Å².